The molecule has 1 saturated heterocycles. The van der Waals surface area contributed by atoms with Crippen LogP contribution in [0.4, 0.5) is 11.4 Å². The van der Waals surface area contributed by atoms with Crippen molar-refractivity contribution in [3.05, 3.63) is 64.2 Å². The van der Waals surface area contributed by atoms with E-state index >= 15 is 0 Å². The smallest absolute Gasteiger partial charge is 0.269 e. The molecule has 2 aromatic carbocycles. The van der Waals surface area contributed by atoms with Crippen molar-refractivity contribution in [3.8, 4) is 5.75 Å². The second kappa shape index (κ2) is 9.29. The van der Waals surface area contributed by atoms with Gasteiger partial charge in [-0.15, -0.1) is 0 Å². The summed E-state index contributed by atoms with van der Waals surface area (Å²) in [5, 5.41) is 13.5. The zero-order valence-electron chi connectivity index (χ0n) is 15.8. The van der Waals surface area contributed by atoms with Gasteiger partial charge in [-0.2, -0.15) is 0 Å². The van der Waals surface area contributed by atoms with E-state index in [4.69, 9.17) is 4.74 Å². The maximum Gasteiger partial charge on any atom is 0.269 e. The molecule has 0 unspecified atom stereocenters. The first-order valence-corrected chi connectivity index (χ1v) is 9.15. The van der Waals surface area contributed by atoms with E-state index in [-0.39, 0.29) is 11.6 Å². The molecule has 0 radical (unpaired) electrons. The van der Waals surface area contributed by atoms with Crippen LogP contribution in [0.25, 0.3) is 0 Å². The first kappa shape index (κ1) is 19.8. The van der Waals surface area contributed by atoms with Gasteiger partial charge in [0.25, 0.3) is 5.69 Å². The molecule has 8 nitrogen and oxygen atoms in total. The molecule has 28 heavy (non-hydrogen) atoms. The van der Waals surface area contributed by atoms with Crippen LogP contribution in [-0.4, -0.2) is 60.5 Å². The summed E-state index contributed by atoms with van der Waals surface area (Å²) in [7, 11) is 1.67. The summed E-state index contributed by atoms with van der Waals surface area (Å²) >= 11 is 0. The number of carbonyl (C=O) groups excluding carboxylic acids is 1. The maximum atomic E-state index is 12.2. The van der Waals surface area contributed by atoms with Crippen LogP contribution in [0.5, 0.6) is 5.75 Å². The minimum atomic E-state index is -0.462. The molecule has 2 aromatic rings. The number of hydrogen-bond acceptors (Lipinski definition) is 6. The second-order valence-corrected chi connectivity index (χ2v) is 6.76. The number of non-ortho nitro benzene ring substituents is 1. The minimum Gasteiger partial charge on any atom is -0.497 e. The third kappa shape index (κ3) is 5.51. The number of benzene rings is 2. The standard InChI is InChI=1S/C20H24N4O4/c1-28-19-4-2-3-16(13-19)14-22-9-11-23(12-10-22)15-20(25)21-17-5-7-18(8-6-17)24(26)27/h2-8,13H,9-12,14-15H2,1H3,(H,21,25). The Labute approximate surface area is 163 Å². The summed E-state index contributed by atoms with van der Waals surface area (Å²) in [6, 6.07) is 13.9. The normalized spacial score (nSPS) is 15.2. The third-order valence-electron chi connectivity index (χ3n) is 4.73. The molecular formula is C20H24N4O4. The summed E-state index contributed by atoms with van der Waals surface area (Å²) in [5.74, 6) is 0.745. The molecule has 0 atom stereocenters. The van der Waals surface area contributed by atoms with Crippen molar-refractivity contribution in [3.63, 3.8) is 0 Å². The lowest BCUT2D eigenvalue weighted by atomic mass is 10.2. The number of methoxy groups -OCH3 is 1. The van der Waals surface area contributed by atoms with Crippen LogP contribution in [0.3, 0.4) is 0 Å². The Bertz CT molecular complexity index is 817. The van der Waals surface area contributed by atoms with Gasteiger partial charge in [0.2, 0.25) is 5.91 Å². The first-order valence-electron chi connectivity index (χ1n) is 9.15. The Kier molecular flexibility index (Phi) is 6.57. The number of nitro groups is 1. The number of amides is 1. The van der Waals surface area contributed by atoms with E-state index in [0.29, 0.717) is 12.2 Å². The molecule has 0 aromatic heterocycles. The molecule has 1 amide bonds. The minimum absolute atomic E-state index is 0.00477. The zero-order valence-corrected chi connectivity index (χ0v) is 15.8. The number of anilines is 1. The topological polar surface area (TPSA) is 88.0 Å². The average molecular weight is 384 g/mol. The lowest BCUT2D eigenvalue weighted by Gasteiger charge is -2.34. The highest BCUT2D eigenvalue weighted by Gasteiger charge is 2.19. The van der Waals surface area contributed by atoms with Crippen molar-refractivity contribution in [2.24, 2.45) is 0 Å². The highest BCUT2D eigenvalue weighted by Crippen LogP contribution is 2.17. The van der Waals surface area contributed by atoms with Crippen LogP contribution >= 0.6 is 0 Å². The fourth-order valence-corrected chi connectivity index (χ4v) is 3.20. The average Bonchev–Trinajstić information content (AvgIpc) is 2.70. The van der Waals surface area contributed by atoms with E-state index < -0.39 is 4.92 Å². The quantitative estimate of drug-likeness (QED) is 0.582. The van der Waals surface area contributed by atoms with Gasteiger partial charge in [-0.05, 0) is 29.8 Å². The number of nitrogens with one attached hydrogen (secondary N) is 1. The monoisotopic (exact) mass is 384 g/mol. The highest BCUT2D eigenvalue weighted by atomic mass is 16.6. The molecular weight excluding hydrogens is 360 g/mol. The predicted octanol–water partition coefficient (Wildman–Crippen LogP) is 2.36. The number of nitro benzene ring substituents is 1. The second-order valence-electron chi connectivity index (χ2n) is 6.76. The van der Waals surface area contributed by atoms with Gasteiger partial charge >= 0.3 is 0 Å². The summed E-state index contributed by atoms with van der Waals surface area (Å²) in [6.07, 6.45) is 0. The van der Waals surface area contributed by atoms with Crippen LogP contribution in [0.1, 0.15) is 5.56 Å². The molecule has 148 valence electrons. The molecule has 1 N–H and O–H groups in total. The fraction of sp³-hybridized carbons (Fsp3) is 0.350. The van der Waals surface area contributed by atoms with Crippen molar-refractivity contribution in [1.29, 1.82) is 0 Å². The van der Waals surface area contributed by atoms with Crippen LogP contribution in [0.15, 0.2) is 48.5 Å². The summed E-state index contributed by atoms with van der Waals surface area (Å²) in [4.78, 5) is 26.9. The van der Waals surface area contributed by atoms with E-state index in [1.54, 1.807) is 19.2 Å². The van der Waals surface area contributed by atoms with Crippen molar-refractivity contribution in [1.82, 2.24) is 9.80 Å². The summed E-state index contributed by atoms with van der Waals surface area (Å²) in [5.41, 5.74) is 1.78. The van der Waals surface area contributed by atoms with Gasteiger partial charge in [0, 0.05) is 50.5 Å². The van der Waals surface area contributed by atoms with Gasteiger partial charge in [0.05, 0.1) is 18.6 Å². The lowest BCUT2D eigenvalue weighted by molar-refractivity contribution is -0.384. The number of rotatable bonds is 7. The summed E-state index contributed by atoms with van der Waals surface area (Å²) in [6.45, 7) is 4.59. The van der Waals surface area contributed by atoms with Crippen LogP contribution in [-0.2, 0) is 11.3 Å². The molecule has 1 aliphatic rings. The van der Waals surface area contributed by atoms with Crippen LogP contribution in [0.2, 0.25) is 0 Å². The molecule has 1 aliphatic heterocycles. The predicted molar refractivity (Wildman–Crippen MR) is 106 cm³/mol. The van der Waals surface area contributed by atoms with Crippen LogP contribution in [0, 0.1) is 10.1 Å². The number of ether oxygens (including phenoxy) is 1. The Balaban J connectivity index is 1.43. The van der Waals surface area contributed by atoms with Gasteiger partial charge in [-0.1, -0.05) is 12.1 Å². The van der Waals surface area contributed by atoms with E-state index in [2.05, 4.69) is 21.2 Å². The molecule has 0 bridgehead atoms. The number of nitrogens with zero attached hydrogens (tertiary/aromatic N) is 3. The summed E-state index contributed by atoms with van der Waals surface area (Å²) < 4.78 is 5.27. The fourth-order valence-electron chi connectivity index (χ4n) is 3.20. The van der Waals surface area contributed by atoms with E-state index in [9.17, 15) is 14.9 Å². The van der Waals surface area contributed by atoms with E-state index in [0.717, 1.165) is 38.5 Å². The van der Waals surface area contributed by atoms with Gasteiger partial charge in [0.1, 0.15) is 5.75 Å². The van der Waals surface area contributed by atoms with Gasteiger partial charge in [0.15, 0.2) is 0 Å². The first-order chi connectivity index (χ1) is 13.5. The molecule has 1 fully saturated rings. The van der Waals surface area contributed by atoms with Gasteiger partial charge < -0.3 is 10.1 Å². The molecule has 1 heterocycles. The Morgan fingerprint density at radius 3 is 2.43 bits per heavy atom. The Morgan fingerprint density at radius 1 is 1.11 bits per heavy atom. The highest BCUT2D eigenvalue weighted by molar-refractivity contribution is 5.92. The Hall–Kier alpha value is -2.97. The van der Waals surface area contributed by atoms with E-state index in [1.165, 1.54) is 17.7 Å². The molecule has 0 aliphatic carbocycles. The molecule has 8 heteroatoms. The van der Waals surface area contributed by atoms with E-state index in [1.807, 2.05) is 18.2 Å². The molecule has 0 spiro atoms. The van der Waals surface area contributed by atoms with Gasteiger partial charge in [-0.3, -0.25) is 24.7 Å². The largest absolute Gasteiger partial charge is 0.497 e. The van der Waals surface area contributed by atoms with Crippen molar-refractivity contribution < 1.29 is 14.5 Å². The molecule has 0 saturated carbocycles. The lowest BCUT2D eigenvalue weighted by Crippen LogP contribution is -2.48. The zero-order chi connectivity index (χ0) is 19.9. The maximum absolute atomic E-state index is 12.2. The van der Waals surface area contributed by atoms with Crippen molar-refractivity contribution in [2.75, 3.05) is 45.2 Å². The number of piperazine rings is 1. The van der Waals surface area contributed by atoms with Crippen molar-refractivity contribution >= 4 is 17.3 Å². The third-order valence-corrected chi connectivity index (χ3v) is 4.73. The number of hydrogen-bond donors (Lipinski definition) is 1. The van der Waals surface area contributed by atoms with Gasteiger partial charge in [-0.25, -0.2) is 0 Å². The molecule has 3 rings (SSSR count). The number of carbonyl (C=O) groups is 1. The SMILES string of the molecule is COc1cccc(CN2CCN(CC(=O)Nc3ccc([N+](=O)[O-])cc3)CC2)c1. The Morgan fingerprint density at radius 2 is 1.79 bits per heavy atom. The van der Waals surface area contributed by atoms with Crippen LogP contribution < -0.4 is 10.1 Å². The van der Waals surface area contributed by atoms with Crippen molar-refractivity contribution in [2.45, 2.75) is 6.54 Å².